The number of aromatic nitrogens is 2. The van der Waals surface area contributed by atoms with Crippen molar-refractivity contribution >= 4 is 17.6 Å². The number of alkyl halides is 2. The number of amides is 2. The molecule has 0 bridgehead atoms. The number of para-hydroxylation sites is 1. The molecule has 1 saturated heterocycles. The van der Waals surface area contributed by atoms with Crippen LogP contribution >= 0.6 is 0 Å². The lowest BCUT2D eigenvalue weighted by atomic mass is 9.96. The Bertz CT molecular complexity index is 986. The molecule has 1 aliphatic rings. The summed E-state index contributed by atoms with van der Waals surface area (Å²) in [6, 6.07) is 9.60. The van der Waals surface area contributed by atoms with Gasteiger partial charge in [-0.25, -0.2) is 4.68 Å². The van der Waals surface area contributed by atoms with E-state index in [2.05, 4.69) is 15.2 Å². The number of nitrogens with zero attached hydrogens (tertiary/aromatic N) is 4. The smallest absolute Gasteiger partial charge is 0.387 e. The summed E-state index contributed by atoms with van der Waals surface area (Å²) in [5.74, 6) is -0.861. The van der Waals surface area contributed by atoms with Crippen LogP contribution in [0.1, 0.15) is 35.3 Å². The molecule has 0 aliphatic carbocycles. The lowest BCUT2D eigenvalue weighted by Gasteiger charge is -2.32. The van der Waals surface area contributed by atoms with Gasteiger partial charge in [0.05, 0.1) is 36.2 Å². The molecule has 2 heterocycles. The highest BCUT2D eigenvalue weighted by Crippen LogP contribution is 2.25. The number of benzene rings is 1. The van der Waals surface area contributed by atoms with E-state index < -0.39 is 18.4 Å². The molecule has 1 aromatic carbocycles. The summed E-state index contributed by atoms with van der Waals surface area (Å²) in [6.07, 6.45) is 1.46. The van der Waals surface area contributed by atoms with Gasteiger partial charge in [0.25, 0.3) is 5.91 Å². The monoisotopic (exact) mass is 431 g/mol. The van der Waals surface area contributed by atoms with E-state index in [1.54, 1.807) is 23.7 Å². The van der Waals surface area contributed by atoms with Crippen molar-refractivity contribution in [1.29, 1.82) is 5.26 Å². The zero-order chi connectivity index (χ0) is 22.4. The maximum Gasteiger partial charge on any atom is 0.387 e. The molecule has 2 aromatic rings. The lowest BCUT2D eigenvalue weighted by molar-refractivity contribution is -0.121. The molecule has 2 amide bonds. The number of anilines is 1. The van der Waals surface area contributed by atoms with Crippen LogP contribution in [0.25, 0.3) is 0 Å². The van der Waals surface area contributed by atoms with Gasteiger partial charge < -0.3 is 15.0 Å². The van der Waals surface area contributed by atoms with Crippen LogP contribution in [0.5, 0.6) is 5.75 Å². The van der Waals surface area contributed by atoms with Crippen LogP contribution in [-0.4, -0.2) is 46.2 Å². The van der Waals surface area contributed by atoms with Gasteiger partial charge in [0, 0.05) is 19.2 Å². The van der Waals surface area contributed by atoms with Crippen LogP contribution in [0.2, 0.25) is 0 Å². The third kappa shape index (κ3) is 5.57. The van der Waals surface area contributed by atoms with Crippen LogP contribution in [0.15, 0.2) is 30.3 Å². The number of carbonyl (C=O) groups excluding carboxylic acids is 2. The Kier molecular flexibility index (Phi) is 7.18. The number of carbonyl (C=O) groups is 2. The van der Waals surface area contributed by atoms with Crippen LogP contribution in [0.3, 0.4) is 0 Å². The lowest BCUT2D eigenvalue weighted by Crippen LogP contribution is -2.44. The van der Waals surface area contributed by atoms with Crippen molar-refractivity contribution in [3.8, 4) is 11.8 Å². The standard InChI is InChI=1S/C21H23F2N5O3/c1-14-12-18(28(26-14)11-5-9-24)25-19(29)15-6-4-10-27(13-15)20(30)16-7-2-3-8-17(16)31-21(22)23/h2-3,7-8,12,15,21H,4-6,10-11,13H2,1H3,(H,25,29). The van der Waals surface area contributed by atoms with Gasteiger partial charge in [-0.05, 0) is 31.9 Å². The van der Waals surface area contributed by atoms with Gasteiger partial charge in [0.2, 0.25) is 5.91 Å². The third-order valence-corrected chi connectivity index (χ3v) is 5.00. The number of ether oxygens (including phenoxy) is 1. The van der Waals surface area contributed by atoms with Crippen LogP contribution in [0.4, 0.5) is 14.6 Å². The zero-order valence-electron chi connectivity index (χ0n) is 17.1. The first-order valence-electron chi connectivity index (χ1n) is 9.94. The van der Waals surface area contributed by atoms with Gasteiger partial charge in [-0.15, -0.1) is 0 Å². The van der Waals surface area contributed by atoms with Gasteiger partial charge in [-0.3, -0.25) is 9.59 Å². The highest BCUT2D eigenvalue weighted by atomic mass is 19.3. The molecular formula is C21H23F2N5O3. The molecule has 0 spiro atoms. The summed E-state index contributed by atoms with van der Waals surface area (Å²) in [5, 5.41) is 15.9. The number of nitriles is 1. The number of likely N-dealkylation sites (tertiary alicyclic amines) is 1. The first-order valence-corrected chi connectivity index (χ1v) is 9.94. The fourth-order valence-corrected chi connectivity index (χ4v) is 3.59. The van der Waals surface area contributed by atoms with Crippen molar-refractivity contribution in [1.82, 2.24) is 14.7 Å². The second kappa shape index (κ2) is 10.0. The van der Waals surface area contributed by atoms with Crippen molar-refractivity contribution < 1.29 is 23.1 Å². The molecule has 10 heteroatoms. The molecule has 0 saturated carbocycles. The van der Waals surface area contributed by atoms with Crippen LogP contribution < -0.4 is 10.1 Å². The SMILES string of the molecule is Cc1cc(NC(=O)C2CCCN(C(=O)c3ccccc3OC(F)F)C2)n(CCC#N)n1. The number of piperidine rings is 1. The number of halogens is 2. The van der Waals surface area contributed by atoms with E-state index in [-0.39, 0.29) is 30.2 Å². The Labute approximate surface area is 178 Å². The minimum atomic E-state index is -3.04. The molecule has 1 unspecified atom stereocenters. The summed E-state index contributed by atoms with van der Waals surface area (Å²) < 4.78 is 31.4. The average Bonchev–Trinajstić information content (AvgIpc) is 3.10. The average molecular weight is 431 g/mol. The number of hydrogen-bond donors (Lipinski definition) is 1. The molecule has 1 aromatic heterocycles. The first kappa shape index (κ1) is 22.2. The second-order valence-corrected chi connectivity index (χ2v) is 7.26. The van der Waals surface area contributed by atoms with E-state index >= 15 is 0 Å². The zero-order valence-corrected chi connectivity index (χ0v) is 17.1. The van der Waals surface area contributed by atoms with Crippen LogP contribution in [0, 0.1) is 24.2 Å². The Morgan fingerprint density at radius 2 is 2.16 bits per heavy atom. The van der Waals surface area contributed by atoms with Crippen molar-refractivity contribution in [2.24, 2.45) is 5.92 Å². The number of nitrogens with one attached hydrogen (secondary N) is 1. The predicted octanol–water partition coefficient (Wildman–Crippen LogP) is 3.20. The Hall–Kier alpha value is -3.48. The second-order valence-electron chi connectivity index (χ2n) is 7.26. The van der Waals surface area contributed by atoms with E-state index in [0.29, 0.717) is 37.4 Å². The fraction of sp³-hybridized carbons (Fsp3) is 0.429. The van der Waals surface area contributed by atoms with Gasteiger partial charge in [0.15, 0.2) is 0 Å². The van der Waals surface area contributed by atoms with Gasteiger partial charge >= 0.3 is 6.61 Å². The summed E-state index contributed by atoms with van der Waals surface area (Å²) >= 11 is 0. The minimum absolute atomic E-state index is 0.0362. The highest BCUT2D eigenvalue weighted by molar-refractivity contribution is 5.98. The number of rotatable bonds is 7. The van der Waals surface area contributed by atoms with E-state index in [9.17, 15) is 18.4 Å². The Balaban J connectivity index is 1.69. The molecule has 1 fully saturated rings. The molecule has 1 atom stereocenters. The molecule has 164 valence electrons. The van der Waals surface area contributed by atoms with Crippen molar-refractivity contribution in [2.75, 3.05) is 18.4 Å². The highest BCUT2D eigenvalue weighted by Gasteiger charge is 2.30. The van der Waals surface area contributed by atoms with Gasteiger partial charge in [-0.1, -0.05) is 12.1 Å². The van der Waals surface area contributed by atoms with E-state index in [4.69, 9.17) is 5.26 Å². The summed E-state index contributed by atoms with van der Waals surface area (Å²) in [4.78, 5) is 27.3. The fourth-order valence-electron chi connectivity index (χ4n) is 3.59. The minimum Gasteiger partial charge on any atom is -0.434 e. The van der Waals surface area contributed by atoms with Gasteiger partial charge in [0.1, 0.15) is 11.6 Å². The van der Waals surface area contributed by atoms with Crippen molar-refractivity contribution in [2.45, 2.75) is 39.3 Å². The largest absolute Gasteiger partial charge is 0.434 e. The quantitative estimate of drug-likeness (QED) is 0.726. The predicted molar refractivity (Wildman–Crippen MR) is 108 cm³/mol. The normalized spacial score (nSPS) is 16.1. The van der Waals surface area contributed by atoms with E-state index in [1.807, 2.05) is 6.07 Å². The van der Waals surface area contributed by atoms with Crippen LogP contribution in [-0.2, 0) is 11.3 Å². The summed E-state index contributed by atoms with van der Waals surface area (Å²) in [7, 11) is 0. The first-order chi connectivity index (χ1) is 14.9. The molecule has 0 radical (unpaired) electrons. The van der Waals surface area contributed by atoms with Gasteiger partial charge in [-0.2, -0.15) is 19.1 Å². The van der Waals surface area contributed by atoms with E-state index in [0.717, 1.165) is 0 Å². The summed E-state index contributed by atoms with van der Waals surface area (Å²) in [5.41, 5.74) is 0.749. The maximum atomic E-state index is 12.9. The summed E-state index contributed by atoms with van der Waals surface area (Å²) in [6.45, 7) is -0.304. The number of aryl methyl sites for hydroxylation is 2. The maximum absolute atomic E-state index is 12.9. The van der Waals surface area contributed by atoms with Crippen molar-refractivity contribution in [3.05, 3.63) is 41.6 Å². The number of hydrogen-bond acceptors (Lipinski definition) is 5. The Morgan fingerprint density at radius 3 is 2.90 bits per heavy atom. The molecule has 8 nitrogen and oxygen atoms in total. The molecular weight excluding hydrogens is 408 g/mol. The molecule has 1 N–H and O–H groups in total. The molecule has 3 rings (SSSR count). The van der Waals surface area contributed by atoms with E-state index in [1.165, 1.54) is 23.1 Å². The topological polar surface area (TPSA) is 100 Å². The Morgan fingerprint density at radius 1 is 1.39 bits per heavy atom. The molecule has 1 aliphatic heterocycles. The van der Waals surface area contributed by atoms with Crippen molar-refractivity contribution in [3.63, 3.8) is 0 Å². The molecule has 31 heavy (non-hydrogen) atoms. The third-order valence-electron chi connectivity index (χ3n) is 5.00.